The average Bonchev–Trinajstić information content (AvgIpc) is 2.58. The zero-order valence-electron chi connectivity index (χ0n) is 9.82. The van der Waals surface area contributed by atoms with Gasteiger partial charge in [0.1, 0.15) is 0 Å². The van der Waals surface area contributed by atoms with Crippen molar-refractivity contribution in [3.8, 4) is 0 Å². The number of nitrogens with one attached hydrogen (secondary N) is 1. The summed E-state index contributed by atoms with van der Waals surface area (Å²) in [7, 11) is 1.86. The molecule has 0 saturated heterocycles. The van der Waals surface area contributed by atoms with E-state index in [4.69, 9.17) is 5.11 Å². The molecule has 0 saturated carbocycles. The molecule has 0 aromatic carbocycles. The summed E-state index contributed by atoms with van der Waals surface area (Å²) in [6.45, 7) is 4.11. The van der Waals surface area contributed by atoms with Gasteiger partial charge in [0.15, 0.2) is 0 Å². The number of anilines is 1. The number of rotatable bonds is 5. The van der Waals surface area contributed by atoms with Gasteiger partial charge in [0.05, 0.1) is 11.4 Å². The van der Waals surface area contributed by atoms with Gasteiger partial charge in [0.2, 0.25) is 0 Å². The third-order valence-corrected chi connectivity index (χ3v) is 2.28. The quantitative estimate of drug-likeness (QED) is 0.741. The Morgan fingerprint density at radius 3 is 2.94 bits per heavy atom. The highest BCUT2D eigenvalue weighted by atomic mass is 16.4. The molecule has 0 unspecified atom stereocenters. The van der Waals surface area contributed by atoms with Crippen LogP contribution in [-0.2, 0) is 18.3 Å². The summed E-state index contributed by atoms with van der Waals surface area (Å²) in [5, 5.41) is 16.1. The van der Waals surface area contributed by atoms with Crippen LogP contribution in [0.5, 0.6) is 0 Å². The van der Waals surface area contributed by atoms with E-state index in [1.807, 2.05) is 20.2 Å². The third-order valence-electron chi connectivity index (χ3n) is 2.28. The molecule has 16 heavy (non-hydrogen) atoms. The Bertz CT molecular complexity index is 407. The molecule has 0 atom stereocenters. The van der Waals surface area contributed by atoms with E-state index in [2.05, 4.69) is 10.4 Å². The second-order valence-electron chi connectivity index (χ2n) is 3.59. The van der Waals surface area contributed by atoms with Crippen LogP contribution in [0, 0.1) is 0 Å². The molecule has 0 spiro atoms. The lowest BCUT2D eigenvalue weighted by atomic mass is 10.2. The summed E-state index contributed by atoms with van der Waals surface area (Å²) in [5.74, 6) is -0.885. The number of aryl methyl sites for hydroxylation is 2. The number of carbonyl (C=O) groups is 1. The number of hydrogen-bond acceptors (Lipinski definition) is 3. The predicted molar refractivity (Wildman–Crippen MR) is 62.5 cm³/mol. The largest absolute Gasteiger partial charge is 0.478 e. The van der Waals surface area contributed by atoms with Gasteiger partial charge in [-0.15, -0.1) is 0 Å². The number of aromatic nitrogens is 2. The molecular weight excluding hydrogens is 206 g/mol. The molecule has 5 heteroatoms. The molecule has 0 radical (unpaired) electrons. The Morgan fingerprint density at radius 2 is 2.38 bits per heavy atom. The Balaban J connectivity index is 2.61. The van der Waals surface area contributed by atoms with Crippen LogP contribution in [0.4, 0.5) is 5.69 Å². The van der Waals surface area contributed by atoms with E-state index in [-0.39, 0.29) is 0 Å². The van der Waals surface area contributed by atoms with Gasteiger partial charge in [-0.2, -0.15) is 5.10 Å². The van der Waals surface area contributed by atoms with Gasteiger partial charge in [0, 0.05) is 25.4 Å². The minimum Gasteiger partial charge on any atom is -0.478 e. The van der Waals surface area contributed by atoms with E-state index in [1.54, 1.807) is 17.7 Å². The molecule has 1 aromatic rings. The minimum atomic E-state index is -0.885. The molecule has 1 heterocycles. The van der Waals surface area contributed by atoms with Crippen molar-refractivity contribution in [1.82, 2.24) is 9.78 Å². The molecule has 88 valence electrons. The van der Waals surface area contributed by atoms with Crippen LogP contribution in [0.3, 0.4) is 0 Å². The van der Waals surface area contributed by atoms with Gasteiger partial charge in [-0.1, -0.05) is 13.0 Å². The van der Waals surface area contributed by atoms with Gasteiger partial charge in [-0.3, -0.25) is 4.68 Å². The normalized spacial score (nSPS) is 11.6. The molecule has 5 nitrogen and oxygen atoms in total. The summed E-state index contributed by atoms with van der Waals surface area (Å²) in [6.07, 6.45) is 4.39. The van der Waals surface area contributed by atoms with E-state index in [0.717, 1.165) is 17.8 Å². The highest BCUT2D eigenvalue weighted by Gasteiger charge is 2.04. The van der Waals surface area contributed by atoms with Gasteiger partial charge in [-0.25, -0.2) is 4.79 Å². The Morgan fingerprint density at radius 1 is 1.69 bits per heavy atom. The van der Waals surface area contributed by atoms with Crippen LogP contribution in [-0.4, -0.2) is 27.4 Å². The maximum atomic E-state index is 10.6. The fourth-order valence-corrected chi connectivity index (χ4v) is 1.34. The Kier molecular flexibility index (Phi) is 4.10. The molecule has 0 fully saturated rings. The molecule has 2 N–H and O–H groups in total. The van der Waals surface area contributed by atoms with Crippen molar-refractivity contribution in [3.05, 3.63) is 23.5 Å². The number of carboxylic acids is 1. The molecule has 0 aliphatic carbocycles. The first-order chi connectivity index (χ1) is 7.54. The monoisotopic (exact) mass is 223 g/mol. The summed E-state index contributed by atoms with van der Waals surface area (Å²) in [5.41, 5.74) is 2.29. The smallest absolute Gasteiger partial charge is 0.331 e. The van der Waals surface area contributed by atoms with Crippen LogP contribution in [0.25, 0.3) is 0 Å². The molecule has 0 amide bonds. The fraction of sp³-hybridized carbons (Fsp3) is 0.455. The lowest BCUT2D eigenvalue weighted by Crippen LogP contribution is -2.03. The lowest BCUT2D eigenvalue weighted by Gasteiger charge is -2.01. The minimum absolute atomic E-state index is 0.342. The molecular formula is C11H17N3O2. The second kappa shape index (κ2) is 5.34. The zero-order valence-corrected chi connectivity index (χ0v) is 9.82. The summed E-state index contributed by atoms with van der Waals surface area (Å²) in [6, 6.07) is 0. The van der Waals surface area contributed by atoms with E-state index >= 15 is 0 Å². The van der Waals surface area contributed by atoms with Crippen molar-refractivity contribution in [3.63, 3.8) is 0 Å². The van der Waals surface area contributed by atoms with E-state index in [0.29, 0.717) is 12.1 Å². The van der Waals surface area contributed by atoms with Crippen LogP contribution in [0.15, 0.2) is 17.8 Å². The maximum Gasteiger partial charge on any atom is 0.331 e. The van der Waals surface area contributed by atoms with Crippen molar-refractivity contribution in [2.75, 3.05) is 11.9 Å². The highest BCUT2D eigenvalue weighted by Crippen LogP contribution is 2.13. The summed E-state index contributed by atoms with van der Waals surface area (Å²) < 4.78 is 1.74. The van der Waals surface area contributed by atoms with Crippen molar-refractivity contribution < 1.29 is 9.90 Å². The summed E-state index contributed by atoms with van der Waals surface area (Å²) in [4.78, 5) is 10.6. The van der Waals surface area contributed by atoms with Crippen molar-refractivity contribution in [1.29, 1.82) is 0 Å². The van der Waals surface area contributed by atoms with Crippen molar-refractivity contribution in [2.24, 2.45) is 7.05 Å². The predicted octanol–water partition coefficient (Wildman–Crippen LogP) is 1.43. The number of aliphatic carboxylic acids is 1. The van der Waals surface area contributed by atoms with E-state index in [1.165, 1.54) is 0 Å². The van der Waals surface area contributed by atoms with Crippen LogP contribution < -0.4 is 5.32 Å². The van der Waals surface area contributed by atoms with Gasteiger partial charge >= 0.3 is 5.97 Å². The number of hydrogen-bond donors (Lipinski definition) is 2. The van der Waals surface area contributed by atoms with Gasteiger partial charge < -0.3 is 10.4 Å². The molecule has 1 rings (SSSR count). The fourth-order valence-electron chi connectivity index (χ4n) is 1.34. The van der Waals surface area contributed by atoms with E-state index in [9.17, 15) is 4.79 Å². The van der Waals surface area contributed by atoms with E-state index < -0.39 is 5.97 Å². The zero-order chi connectivity index (χ0) is 12.1. The maximum absolute atomic E-state index is 10.6. The van der Waals surface area contributed by atoms with Crippen LogP contribution >= 0.6 is 0 Å². The highest BCUT2D eigenvalue weighted by molar-refractivity contribution is 5.85. The standard InChI is InChI=1S/C11H17N3O2/c1-4-9-10(7-14(3)13-9)12-6-5-8(2)11(15)16/h5,7,12H,4,6H2,1-3H3,(H,15,16)/b8-5-. The van der Waals surface area contributed by atoms with Gasteiger partial charge in [-0.05, 0) is 13.3 Å². The average molecular weight is 223 g/mol. The Hall–Kier alpha value is -1.78. The first kappa shape index (κ1) is 12.3. The van der Waals surface area contributed by atoms with Gasteiger partial charge in [0.25, 0.3) is 0 Å². The third kappa shape index (κ3) is 3.12. The topological polar surface area (TPSA) is 67.2 Å². The molecule has 1 aromatic heterocycles. The van der Waals surface area contributed by atoms with Crippen molar-refractivity contribution >= 4 is 11.7 Å². The number of carboxylic acid groups (broad SMARTS) is 1. The second-order valence-corrected chi connectivity index (χ2v) is 3.59. The SMILES string of the molecule is CCc1nn(C)cc1NC/C=C(/C)C(=O)O. The molecule has 0 aliphatic rings. The van der Waals surface area contributed by atoms with Crippen LogP contribution in [0.1, 0.15) is 19.5 Å². The Labute approximate surface area is 94.8 Å². The molecule has 0 bridgehead atoms. The number of nitrogens with zero attached hydrogens (tertiary/aromatic N) is 2. The van der Waals surface area contributed by atoms with Crippen LogP contribution in [0.2, 0.25) is 0 Å². The molecule has 0 aliphatic heterocycles. The lowest BCUT2D eigenvalue weighted by molar-refractivity contribution is -0.132. The first-order valence-corrected chi connectivity index (χ1v) is 5.21. The van der Waals surface area contributed by atoms with Crippen molar-refractivity contribution in [2.45, 2.75) is 20.3 Å². The summed E-state index contributed by atoms with van der Waals surface area (Å²) >= 11 is 0. The first-order valence-electron chi connectivity index (χ1n) is 5.21.